The number of aliphatic hydroxyl groups is 4. The van der Waals surface area contributed by atoms with E-state index in [0.29, 0.717) is 25.7 Å². The van der Waals surface area contributed by atoms with Crippen LogP contribution >= 0.6 is 0 Å². The van der Waals surface area contributed by atoms with Crippen molar-refractivity contribution >= 4 is 5.97 Å². The third kappa shape index (κ3) is 14.3. The minimum atomic E-state index is -0.729. The maximum Gasteiger partial charge on any atom is 0.334 e. The second kappa shape index (κ2) is 21.8. The van der Waals surface area contributed by atoms with Crippen molar-refractivity contribution in [2.45, 2.75) is 216 Å². The van der Waals surface area contributed by atoms with Crippen molar-refractivity contribution < 1.29 is 39.4 Å². The molecule has 8 heteroatoms. The van der Waals surface area contributed by atoms with E-state index in [9.17, 15) is 25.2 Å². The lowest BCUT2D eigenvalue weighted by Crippen LogP contribution is -2.33. The smallest absolute Gasteiger partial charge is 0.334 e. The molecule has 9 atom stereocenters. The summed E-state index contributed by atoms with van der Waals surface area (Å²) in [5.41, 5.74) is 0.857. The van der Waals surface area contributed by atoms with Crippen molar-refractivity contribution in [3.63, 3.8) is 0 Å². The van der Waals surface area contributed by atoms with E-state index in [2.05, 4.69) is 6.92 Å². The molecule has 0 bridgehead atoms. The third-order valence-corrected chi connectivity index (χ3v) is 10.2. The largest absolute Gasteiger partial charge is 0.455 e. The van der Waals surface area contributed by atoms with Crippen LogP contribution in [0.4, 0.5) is 0 Å². The molecule has 0 saturated carbocycles. The van der Waals surface area contributed by atoms with Gasteiger partial charge in [-0.2, -0.15) is 0 Å². The van der Waals surface area contributed by atoms with Gasteiger partial charge in [0.05, 0.1) is 48.8 Å². The molecule has 0 aromatic heterocycles. The lowest BCUT2D eigenvalue weighted by atomic mass is 9.98. The molecular formula is C37H66O8. The fourth-order valence-electron chi connectivity index (χ4n) is 7.29. The molecule has 4 N–H and O–H groups in total. The Bertz CT molecular complexity index is 833. The third-order valence-electron chi connectivity index (χ3n) is 10.2. The molecule has 262 valence electrons. The molecule has 3 rings (SSSR count). The Hall–Kier alpha value is -1.03. The van der Waals surface area contributed by atoms with Gasteiger partial charge in [-0.25, -0.2) is 4.79 Å². The van der Waals surface area contributed by atoms with E-state index < -0.39 is 24.4 Å². The fourth-order valence-corrected chi connectivity index (χ4v) is 7.29. The molecule has 0 amide bonds. The van der Waals surface area contributed by atoms with E-state index in [4.69, 9.17) is 14.2 Å². The number of unbranched alkanes of at least 4 members (excludes halogenated alkanes) is 11. The van der Waals surface area contributed by atoms with Crippen LogP contribution in [0.2, 0.25) is 0 Å². The van der Waals surface area contributed by atoms with E-state index in [1.165, 1.54) is 44.9 Å². The van der Waals surface area contributed by atoms with Crippen LogP contribution in [-0.2, 0) is 19.0 Å². The average Bonchev–Trinajstić information content (AvgIpc) is 3.77. The first-order valence-electron chi connectivity index (χ1n) is 18.7. The Morgan fingerprint density at radius 1 is 0.644 bits per heavy atom. The number of carbonyl (C=O) groups excluding carboxylic acids is 1. The van der Waals surface area contributed by atoms with Crippen LogP contribution in [0.1, 0.15) is 162 Å². The minimum Gasteiger partial charge on any atom is -0.455 e. The summed E-state index contributed by atoms with van der Waals surface area (Å²) in [7, 11) is 0. The van der Waals surface area contributed by atoms with E-state index in [1.807, 2.05) is 13.0 Å². The highest BCUT2D eigenvalue weighted by molar-refractivity contribution is 5.90. The van der Waals surface area contributed by atoms with Crippen molar-refractivity contribution in [2.75, 3.05) is 0 Å². The number of hydrogen-bond donors (Lipinski definition) is 4. The lowest BCUT2D eigenvalue weighted by Gasteiger charge is -2.24. The topological polar surface area (TPSA) is 126 Å². The number of aliphatic hydroxyl groups excluding tert-OH is 4. The summed E-state index contributed by atoms with van der Waals surface area (Å²) in [6.07, 6.45) is 21.5. The van der Waals surface area contributed by atoms with Gasteiger partial charge in [-0.15, -0.1) is 0 Å². The van der Waals surface area contributed by atoms with Crippen molar-refractivity contribution in [1.29, 1.82) is 0 Å². The maximum atomic E-state index is 11.6. The Morgan fingerprint density at radius 3 is 1.62 bits per heavy atom. The number of cyclic esters (lactones) is 1. The zero-order chi connectivity index (χ0) is 32.4. The molecule has 0 unspecified atom stereocenters. The van der Waals surface area contributed by atoms with Crippen molar-refractivity contribution in [1.82, 2.24) is 0 Å². The van der Waals surface area contributed by atoms with Gasteiger partial charge in [-0.1, -0.05) is 84.0 Å². The molecule has 8 nitrogen and oxygen atoms in total. The SMILES string of the molecule is CCCCC[C@@H](O)[C@H](O)CCC[C@H](O)[C@H]1CC[C@@H]([C@@H]2CC[C@@H]([C@@H](O)CCCCCCCCCCCCC3=C[C@H](C)OC3=O)O2)O1. The van der Waals surface area contributed by atoms with Gasteiger partial charge in [0.15, 0.2) is 0 Å². The van der Waals surface area contributed by atoms with Gasteiger partial charge in [0, 0.05) is 5.57 Å². The highest BCUT2D eigenvalue weighted by Gasteiger charge is 2.40. The summed E-state index contributed by atoms with van der Waals surface area (Å²) < 4.78 is 17.6. The quantitative estimate of drug-likeness (QED) is 0.0634. The van der Waals surface area contributed by atoms with Crippen LogP contribution in [0.3, 0.4) is 0 Å². The first kappa shape index (κ1) is 38.4. The standard InChI is InChI=1S/C37H66O8/c1-3-4-13-18-29(38)30(39)20-16-21-32(41)34-23-25-36(45-34)35-24-22-33(44-35)31(40)19-15-12-10-8-6-5-7-9-11-14-17-28-26-27(2)43-37(28)42/h26-27,29-36,38-41H,3-25H2,1-2H3/t27-,29+,30+,31-,32-,33-,34+,35-,36-/m0/s1. The molecule has 3 aliphatic rings. The van der Waals surface area contributed by atoms with Crippen LogP contribution in [0.5, 0.6) is 0 Å². The van der Waals surface area contributed by atoms with Crippen LogP contribution in [0.25, 0.3) is 0 Å². The summed E-state index contributed by atoms with van der Waals surface area (Å²) in [5, 5.41) is 41.8. The molecule has 2 saturated heterocycles. The number of hydrogen-bond acceptors (Lipinski definition) is 8. The Morgan fingerprint density at radius 2 is 1.11 bits per heavy atom. The van der Waals surface area contributed by atoms with Gasteiger partial charge in [-0.05, 0) is 83.6 Å². The average molecular weight is 639 g/mol. The molecule has 0 aliphatic carbocycles. The first-order chi connectivity index (χ1) is 21.8. The Labute approximate surface area is 273 Å². The van der Waals surface area contributed by atoms with Crippen LogP contribution in [0, 0.1) is 0 Å². The van der Waals surface area contributed by atoms with Crippen LogP contribution in [-0.4, -0.2) is 81.3 Å². The molecule has 45 heavy (non-hydrogen) atoms. The van der Waals surface area contributed by atoms with E-state index in [-0.39, 0.29) is 36.5 Å². The molecular weight excluding hydrogens is 572 g/mol. The highest BCUT2D eigenvalue weighted by Crippen LogP contribution is 2.34. The predicted molar refractivity (Wildman–Crippen MR) is 177 cm³/mol. The predicted octanol–water partition coefficient (Wildman–Crippen LogP) is 6.83. The number of ether oxygens (including phenoxy) is 3. The van der Waals surface area contributed by atoms with Crippen molar-refractivity contribution in [2.24, 2.45) is 0 Å². The highest BCUT2D eigenvalue weighted by atomic mass is 16.6. The Balaban J connectivity index is 1.14. The summed E-state index contributed by atoms with van der Waals surface area (Å²) >= 11 is 0. The summed E-state index contributed by atoms with van der Waals surface area (Å²) in [5.74, 6) is -0.129. The van der Waals surface area contributed by atoms with E-state index in [1.54, 1.807) is 0 Å². The molecule has 3 aliphatic heterocycles. The second-order valence-electron chi connectivity index (χ2n) is 14.2. The fraction of sp³-hybridized carbons (Fsp3) is 0.919. The molecule has 3 heterocycles. The van der Waals surface area contributed by atoms with Crippen molar-refractivity contribution in [3.8, 4) is 0 Å². The second-order valence-corrected chi connectivity index (χ2v) is 14.2. The van der Waals surface area contributed by atoms with Gasteiger partial charge in [-0.3, -0.25) is 0 Å². The Kier molecular flexibility index (Phi) is 18.6. The molecule has 0 spiro atoms. The molecule has 0 radical (unpaired) electrons. The molecule has 2 fully saturated rings. The summed E-state index contributed by atoms with van der Waals surface area (Å²) in [6.45, 7) is 4.03. The number of carbonyl (C=O) groups is 1. The van der Waals surface area contributed by atoms with Gasteiger partial charge >= 0.3 is 5.97 Å². The zero-order valence-corrected chi connectivity index (χ0v) is 28.5. The number of rotatable bonds is 25. The van der Waals surface area contributed by atoms with E-state index >= 15 is 0 Å². The lowest BCUT2D eigenvalue weighted by molar-refractivity contribution is -0.139. The normalized spacial score (nSPS) is 27.8. The maximum absolute atomic E-state index is 11.6. The van der Waals surface area contributed by atoms with Crippen LogP contribution in [0.15, 0.2) is 11.6 Å². The van der Waals surface area contributed by atoms with E-state index in [0.717, 1.165) is 82.6 Å². The van der Waals surface area contributed by atoms with Gasteiger partial charge in [0.2, 0.25) is 0 Å². The molecule has 0 aromatic rings. The van der Waals surface area contributed by atoms with Crippen LogP contribution < -0.4 is 0 Å². The monoisotopic (exact) mass is 638 g/mol. The number of esters is 1. The minimum absolute atomic E-state index is 0.0121. The first-order valence-corrected chi connectivity index (χ1v) is 18.7. The zero-order valence-electron chi connectivity index (χ0n) is 28.5. The van der Waals surface area contributed by atoms with Gasteiger partial charge in [0.1, 0.15) is 6.10 Å². The summed E-state index contributed by atoms with van der Waals surface area (Å²) in [4.78, 5) is 11.6. The summed E-state index contributed by atoms with van der Waals surface area (Å²) in [6, 6.07) is 0. The van der Waals surface area contributed by atoms with Gasteiger partial charge < -0.3 is 34.6 Å². The van der Waals surface area contributed by atoms with Crippen molar-refractivity contribution in [3.05, 3.63) is 11.6 Å². The molecule has 0 aromatic carbocycles. The van der Waals surface area contributed by atoms with Gasteiger partial charge in [0.25, 0.3) is 0 Å².